The van der Waals surface area contributed by atoms with E-state index in [9.17, 15) is 25.2 Å². The molecule has 2 aromatic rings. The number of carboxylic acids is 1. The van der Waals surface area contributed by atoms with Gasteiger partial charge in [-0.2, -0.15) is 0 Å². The van der Waals surface area contributed by atoms with Crippen LogP contribution in [0.1, 0.15) is 28.7 Å². The van der Waals surface area contributed by atoms with E-state index in [1.54, 1.807) is 32.4 Å². The Bertz CT molecular complexity index is 1270. The van der Waals surface area contributed by atoms with Gasteiger partial charge in [0.15, 0.2) is 23.7 Å². The predicted octanol–water partition coefficient (Wildman–Crippen LogP) is 0.981. The Balaban J connectivity index is 1.36. The van der Waals surface area contributed by atoms with Gasteiger partial charge in [0.1, 0.15) is 29.8 Å². The lowest BCUT2D eigenvalue weighted by atomic mass is 9.86. The number of aliphatic hydroxyl groups excluding tert-OH is 3. The third kappa shape index (κ3) is 3.03. The number of aliphatic hydroxyl groups is 3. The van der Waals surface area contributed by atoms with E-state index in [0.29, 0.717) is 35.2 Å². The first-order valence-corrected chi connectivity index (χ1v) is 11.3. The summed E-state index contributed by atoms with van der Waals surface area (Å²) < 4.78 is 34.8. The summed E-state index contributed by atoms with van der Waals surface area (Å²) in [5.41, 5.74) is 2.26. The lowest BCUT2D eigenvalue weighted by Crippen LogP contribution is -2.67. The molecule has 0 bridgehead atoms. The zero-order valence-corrected chi connectivity index (χ0v) is 19.3. The van der Waals surface area contributed by atoms with Crippen LogP contribution >= 0.6 is 0 Å². The van der Waals surface area contributed by atoms with Crippen LogP contribution in [0.4, 0.5) is 0 Å². The molecule has 4 heterocycles. The van der Waals surface area contributed by atoms with Crippen molar-refractivity contribution >= 4 is 12.0 Å². The SMILES string of the molecule is COc1ccc2c(c1OC)O[C@H]1c3ccc4c(c3OC[C@@H]21)C=C[C@@]1(O4)O[C@H](C(=O)O)[C@@H](O)[C@H](O)[C@H]1O. The van der Waals surface area contributed by atoms with Gasteiger partial charge >= 0.3 is 5.97 Å². The molecular formula is C25H24O11. The van der Waals surface area contributed by atoms with E-state index in [4.69, 9.17) is 28.4 Å². The number of rotatable bonds is 3. The highest BCUT2D eigenvalue weighted by atomic mass is 16.7. The van der Waals surface area contributed by atoms with E-state index < -0.39 is 36.2 Å². The fourth-order valence-electron chi connectivity index (χ4n) is 5.33. The minimum Gasteiger partial charge on any atom is -0.493 e. The second-order valence-corrected chi connectivity index (χ2v) is 9.03. The highest BCUT2D eigenvalue weighted by Gasteiger charge is 2.57. The Morgan fingerprint density at radius 1 is 1.03 bits per heavy atom. The van der Waals surface area contributed by atoms with Crippen molar-refractivity contribution in [3.05, 3.63) is 47.0 Å². The molecule has 0 saturated carbocycles. The van der Waals surface area contributed by atoms with Crippen molar-refractivity contribution in [1.82, 2.24) is 0 Å². The third-order valence-electron chi connectivity index (χ3n) is 7.14. The van der Waals surface area contributed by atoms with Crippen LogP contribution in [0.3, 0.4) is 0 Å². The van der Waals surface area contributed by atoms with Crippen molar-refractivity contribution in [2.45, 2.75) is 42.2 Å². The van der Waals surface area contributed by atoms with Crippen LogP contribution in [0.5, 0.6) is 28.7 Å². The summed E-state index contributed by atoms with van der Waals surface area (Å²) in [5.74, 6) is -1.17. The molecular weight excluding hydrogens is 476 g/mol. The number of methoxy groups -OCH3 is 2. The maximum absolute atomic E-state index is 11.6. The number of carbonyl (C=O) groups is 1. The average Bonchev–Trinajstić information content (AvgIpc) is 3.27. The molecule has 0 unspecified atom stereocenters. The highest BCUT2D eigenvalue weighted by molar-refractivity contribution is 5.74. The molecule has 4 N–H and O–H groups in total. The van der Waals surface area contributed by atoms with Gasteiger partial charge in [0.05, 0.1) is 32.3 Å². The molecule has 0 amide bonds. The monoisotopic (exact) mass is 500 g/mol. The molecule has 0 aliphatic carbocycles. The highest BCUT2D eigenvalue weighted by Crippen LogP contribution is 2.57. The van der Waals surface area contributed by atoms with E-state index >= 15 is 0 Å². The Kier molecular flexibility index (Phi) is 5.09. The molecule has 1 fully saturated rings. The van der Waals surface area contributed by atoms with Crippen molar-refractivity contribution in [1.29, 1.82) is 0 Å². The second-order valence-electron chi connectivity index (χ2n) is 9.03. The maximum Gasteiger partial charge on any atom is 0.335 e. The molecule has 0 aromatic heterocycles. The number of carboxylic acid groups (broad SMARTS) is 1. The fourth-order valence-corrected chi connectivity index (χ4v) is 5.33. The average molecular weight is 500 g/mol. The summed E-state index contributed by atoms with van der Waals surface area (Å²) in [6.45, 7) is 0.320. The summed E-state index contributed by atoms with van der Waals surface area (Å²) in [6, 6.07) is 7.16. The fraction of sp³-hybridized carbons (Fsp3) is 0.400. The Morgan fingerprint density at radius 2 is 1.81 bits per heavy atom. The second kappa shape index (κ2) is 8.00. The van der Waals surface area contributed by atoms with Crippen LogP contribution in [0.2, 0.25) is 0 Å². The van der Waals surface area contributed by atoms with Gasteiger partial charge in [-0.25, -0.2) is 4.79 Å². The Morgan fingerprint density at radius 3 is 2.53 bits per heavy atom. The van der Waals surface area contributed by atoms with Crippen LogP contribution in [0.15, 0.2) is 30.3 Å². The van der Waals surface area contributed by atoms with Gasteiger partial charge in [0, 0.05) is 11.1 Å². The van der Waals surface area contributed by atoms with Gasteiger partial charge in [0.25, 0.3) is 5.79 Å². The first-order valence-electron chi connectivity index (χ1n) is 11.3. The van der Waals surface area contributed by atoms with Crippen molar-refractivity contribution < 1.29 is 53.6 Å². The first kappa shape index (κ1) is 22.9. The van der Waals surface area contributed by atoms with Crippen molar-refractivity contribution in [2.75, 3.05) is 20.8 Å². The van der Waals surface area contributed by atoms with Crippen LogP contribution < -0.4 is 23.7 Å². The quantitative estimate of drug-likeness (QED) is 0.477. The van der Waals surface area contributed by atoms with Gasteiger partial charge in [-0.15, -0.1) is 0 Å². The van der Waals surface area contributed by atoms with Gasteiger partial charge in [0.2, 0.25) is 5.75 Å². The molecule has 1 spiro atoms. The Hall–Kier alpha value is -3.51. The number of ether oxygens (including phenoxy) is 6. The number of hydrogen-bond acceptors (Lipinski definition) is 10. The van der Waals surface area contributed by atoms with Crippen molar-refractivity contribution in [3.8, 4) is 28.7 Å². The molecule has 1 saturated heterocycles. The zero-order chi connectivity index (χ0) is 25.4. The smallest absolute Gasteiger partial charge is 0.335 e. The van der Waals surface area contributed by atoms with E-state index in [-0.39, 0.29) is 17.8 Å². The van der Waals surface area contributed by atoms with Crippen molar-refractivity contribution in [3.63, 3.8) is 0 Å². The minimum atomic E-state index is -2.01. The zero-order valence-electron chi connectivity index (χ0n) is 19.3. The van der Waals surface area contributed by atoms with Gasteiger partial charge in [-0.05, 0) is 30.4 Å². The molecule has 4 aliphatic heterocycles. The molecule has 2 aromatic carbocycles. The molecule has 6 rings (SSSR count). The largest absolute Gasteiger partial charge is 0.493 e. The number of aliphatic carboxylic acids is 1. The lowest BCUT2D eigenvalue weighted by Gasteiger charge is -2.47. The number of hydrogen-bond donors (Lipinski definition) is 4. The van der Waals surface area contributed by atoms with Crippen LogP contribution in [0, 0.1) is 0 Å². The first-order chi connectivity index (χ1) is 17.3. The van der Waals surface area contributed by atoms with Gasteiger partial charge in [-0.3, -0.25) is 0 Å². The van der Waals surface area contributed by atoms with E-state index in [1.165, 1.54) is 6.08 Å². The van der Waals surface area contributed by atoms with Crippen LogP contribution in [-0.2, 0) is 9.53 Å². The summed E-state index contributed by atoms with van der Waals surface area (Å²) in [4.78, 5) is 11.6. The van der Waals surface area contributed by atoms with Crippen LogP contribution in [0.25, 0.3) is 6.08 Å². The van der Waals surface area contributed by atoms with E-state index in [0.717, 1.165) is 11.1 Å². The summed E-state index contributed by atoms with van der Waals surface area (Å²) in [6.07, 6.45) is -4.65. The normalized spacial score (nSPS) is 33.2. The minimum absolute atomic E-state index is 0.0818. The predicted molar refractivity (Wildman–Crippen MR) is 121 cm³/mol. The molecule has 190 valence electrons. The Labute approximate surface area is 205 Å². The molecule has 11 nitrogen and oxygen atoms in total. The summed E-state index contributed by atoms with van der Waals surface area (Å²) in [7, 11) is 3.11. The molecule has 11 heteroatoms. The van der Waals surface area contributed by atoms with Crippen LogP contribution in [-0.4, -0.2) is 77.4 Å². The van der Waals surface area contributed by atoms with E-state index in [1.807, 2.05) is 12.1 Å². The van der Waals surface area contributed by atoms with Gasteiger partial charge in [-0.1, -0.05) is 6.07 Å². The molecule has 7 atom stereocenters. The number of benzene rings is 2. The summed E-state index contributed by atoms with van der Waals surface area (Å²) >= 11 is 0. The summed E-state index contributed by atoms with van der Waals surface area (Å²) in [5, 5.41) is 40.3. The molecule has 4 aliphatic rings. The standard InChI is InChI=1S/C25H24O11/c1-31-15-6-3-10-13-9-33-18-11-7-8-25(23(28)17(27)16(26)22(36-25)24(29)30)35-14(11)5-4-12(18)19(13)34-20(10)21(15)32-2/h3-8,13,16-17,19,22-23,26-28H,9H2,1-2H3,(H,29,30)/t13-,16-,17-,19-,22-,23+,25+/m0/s1. The third-order valence-corrected chi connectivity index (χ3v) is 7.14. The molecule has 0 radical (unpaired) electrons. The molecule has 36 heavy (non-hydrogen) atoms. The number of fused-ring (bicyclic) bond motifs is 7. The maximum atomic E-state index is 11.6. The van der Waals surface area contributed by atoms with Crippen molar-refractivity contribution in [2.24, 2.45) is 0 Å². The van der Waals surface area contributed by atoms with Gasteiger partial charge < -0.3 is 48.8 Å². The van der Waals surface area contributed by atoms with E-state index in [2.05, 4.69) is 0 Å². The topological polar surface area (TPSA) is 153 Å². The lowest BCUT2D eigenvalue weighted by molar-refractivity contribution is -0.309.